The number of aryl methyl sites for hydroxylation is 1. The Morgan fingerprint density at radius 3 is 2.44 bits per heavy atom. The monoisotopic (exact) mass is 391 g/mol. The van der Waals surface area contributed by atoms with Gasteiger partial charge in [0.25, 0.3) is 0 Å². The van der Waals surface area contributed by atoms with E-state index in [9.17, 15) is 0 Å². The van der Waals surface area contributed by atoms with Crippen LogP contribution in [-0.4, -0.2) is 14.8 Å². The molecule has 0 fully saturated rings. The van der Waals surface area contributed by atoms with E-state index >= 15 is 0 Å². The van der Waals surface area contributed by atoms with Crippen LogP contribution < -0.4 is 0 Å². The Morgan fingerprint density at radius 2 is 1.67 bits per heavy atom. The van der Waals surface area contributed by atoms with Crippen molar-refractivity contribution in [2.24, 2.45) is 0 Å². The maximum Gasteiger partial charge on any atom is 0.196 e. The first-order valence-electron chi connectivity index (χ1n) is 8.66. The second kappa shape index (κ2) is 7.99. The number of benzene rings is 3. The zero-order valence-corrected chi connectivity index (χ0v) is 16.4. The first kappa shape index (κ1) is 17.8. The highest BCUT2D eigenvalue weighted by molar-refractivity contribution is 7.98. The van der Waals surface area contributed by atoms with Gasteiger partial charge in [0.2, 0.25) is 0 Å². The lowest BCUT2D eigenvalue weighted by Crippen LogP contribution is -2.00. The molecule has 1 aromatic heterocycles. The topological polar surface area (TPSA) is 30.7 Å². The van der Waals surface area contributed by atoms with Gasteiger partial charge >= 0.3 is 0 Å². The molecule has 0 bridgehead atoms. The van der Waals surface area contributed by atoms with Crippen molar-refractivity contribution in [3.63, 3.8) is 0 Å². The van der Waals surface area contributed by atoms with Crippen LogP contribution in [0.25, 0.3) is 17.1 Å². The van der Waals surface area contributed by atoms with E-state index in [4.69, 9.17) is 11.6 Å². The summed E-state index contributed by atoms with van der Waals surface area (Å²) in [5.41, 5.74) is 4.47. The summed E-state index contributed by atoms with van der Waals surface area (Å²) in [4.78, 5) is 0. The van der Waals surface area contributed by atoms with E-state index in [1.807, 2.05) is 48.5 Å². The fraction of sp³-hybridized carbons (Fsp3) is 0.0909. The van der Waals surface area contributed by atoms with Crippen molar-refractivity contribution in [1.82, 2.24) is 14.8 Å². The Labute approximate surface area is 168 Å². The van der Waals surface area contributed by atoms with Crippen molar-refractivity contribution in [2.45, 2.75) is 17.8 Å². The van der Waals surface area contributed by atoms with E-state index in [1.54, 1.807) is 11.8 Å². The highest BCUT2D eigenvalue weighted by Gasteiger charge is 2.17. The lowest BCUT2D eigenvalue weighted by molar-refractivity contribution is 0.886. The van der Waals surface area contributed by atoms with Gasteiger partial charge in [-0.2, -0.15) is 0 Å². The second-order valence-electron chi connectivity index (χ2n) is 6.21. The number of aromatic nitrogens is 3. The van der Waals surface area contributed by atoms with Gasteiger partial charge in [-0.05, 0) is 42.3 Å². The van der Waals surface area contributed by atoms with Crippen LogP contribution in [0.1, 0.15) is 11.1 Å². The molecule has 0 unspecified atom stereocenters. The molecule has 0 aliphatic heterocycles. The molecule has 134 valence electrons. The average Bonchev–Trinajstić information content (AvgIpc) is 3.11. The van der Waals surface area contributed by atoms with Gasteiger partial charge in [-0.15, -0.1) is 10.2 Å². The van der Waals surface area contributed by atoms with Gasteiger partial charge in [0.15, 0.2) is 11.0 Å². The summed E-state index contributed by atoms with van der Waals surface area (Å²) >= 11 is 7.77. The van der Waals surface area contributed by atoms with Crippen LogP contribution in [0.3, 0.4) is 0 Å². The fourth-order valence-electron chi connectivity index (χ4n) is 2.95. The first-order chi connectivity index (χ1) is 13.2. The third-order valence-corrected chi connectivity index (χ3v) is 5.53. The number of hydrogen-bond donors (Lipinski definition) is 0. The second-order valence-corrected chi connectivity index (χ2v) is 7.59. The summed E-state index contributed by atoms with van der Waals surface area (Å²) in [7, 11) is 0. The van der Waals surface area contributed by atoms with Gasteiger partial charge in [0.1, 0.15) is 0 Å². The quantitative estimate of drug-likeness (QED) is 0.380. The van der Waals surface area contributed by atoms with E-state index < -0.39 is 0 Å². The van der Waals surface area contributed by atoms with Gasteiger partial charge in [-0.25, -0.2) is 0 Å². The zero-order valence-electron chi connectivity index (χ0n) is 14.8. The predicted molar refractivity (Wildman–Crippen MR) is 113 cm³/mol. The van der Waals surface area contributed by atoms with Crippen molar-refractivity contribution >= 4 is 23.4 Å². The third-order valence-electron chi connectivity index (χ3n) is 4.29. The largest absolute Gasteiger partial charge is 0.270 e. The summed E-state index contributed by atoms with van der Waals surface area (Å²) < 4.78 is 2.12. The van der Waals surface area contributed by atoms with E-state index in [0.717, 1.165) is 38.6 Å². The van der Waals surface area contributed by atoms with Crippen LogP contribution in [0.5, 0.6) is 0 Å². The summed E-state index contributed by atoms with van der Waals surface area (Å²) in [5, 5.41) is 10.6. The van der Waals surface area contributed by atoms with E-state index in [0.29, 0.717) is 0 Å². The smallest absolute Gasteiger partial charge is 0.196 e. The highest BCUT2D eigenvalue weighted by atomic mass is 35.5. The Balaban J connectivity index is 1.75. The lowest BCUT2D eigenvalue weighted by atomic mass is 10.1. The van der Waals surface area contributed by atoms with Crippen LogP contribution >= 0.6 is 23.4 Å². The van der Waals surface area contributed by atoms with Crippen LogP contribution in [-0.2, 0) is 5.75 Å². The molecule has 1 heterocycles. The summed E-state index contributed by atoms with van der Waals surface area (Å²) in [6.07, 6.45) is 0. The van der Waals surface area contributed by atoms with Crippen molar-refractivity contribution in [3.8, 4) is 17.1 Å². The molecule has 0 spiro atoms. The van der Waals surface area contributed by atoms with Crippen LogP contribution in [0.15, 0.2) is 84.0 Å². The molecular formula is C22H18ClN3S. The molecule has 3 aromatic carbocycles. The molecule has 0 N–H and O–H groups in total. The molecule has 3 nitrogen and oxygen atoms in total. The summed E-state index contributed by atoms with van der Waals surface area (Å²) in [6, 6.07) is 26.4. The lowest BCUT2D eigenvalue weighted by Gasteiger charge is -2.11. The minimum Gasteiger partial charge on any atom is -0.270 e. The Hall–Kier alpha value is -2.56. The maximum atomic E-state index is 6.11. The molecule has 0 radical (unpaired) electrons. The molecule has 5 heteroatoms. The number of thioether (sulfide) groups is 1. The van der Waals surface area contributed by atoms with Gasteiger partial charge in [0, 0.05) is 22.0 Å². The molecule has 4 rings (SSSR count). The number of hydrogen-bond acceptors (Lipinski definition) is 3. The SMILES string of the molecule is Cc1ccccc1-c1nnc(SCc2cccc(Cl)c2)n1-c1ccccc1. The molecule has 0 amide bonds. The number of nitrogens with zero attached hydrogens (tertiary/aromatic N) is 3. The highest BCUT2D eigenvalue weighted by Crippen LogP contribution is 2.31. The molecule has 4 aromatic rings. The van der Waals surface area contributed by atoms with Gasteiger partial charge in [-0.1, -0.05) is 78.0 Å². The Kier molecular flexibility index (Phi) is 5.28. The van der Waals surface area contributed by atoms with Crippen LogP contribution in [0, 0.1) is 6.92 Å². The van der Waals surface area contributed by atoms with Gasteiger partial charge in [0.05, 0.1) is 0 Å². The van der Waals surface area contributed by atoms with E-state index in [2.05, 4.69) is 52.0 Å². The molecular weight excluding hydrogens is 374 g/mol. The fourth-order valence-corrected chi connectivity index (χ4v) is 4.05. The molecule has 0 saturated heterocycles. The Bertz CT molecular complexity index is 1060. The van der Waals surface area contributed by atoms with Crippen molar-refractivity contribution < 1.29 is 0 Å². The number of halogens is 1. The minimum atomic E-state index is 0.748. The molecule has 0 saturated carbocycles. The van der Waals surface area contributed by atoms with E-state index in [-0.39, 0.29) is 0 Å². The zero-order chi connectivity index (χ0) is 18.6. The Morgan fingerprint density at radius 1 is 0.889 bits per heavy atom. The first-order valence-corrected chi connectivity index (χ1v) is 10.0. The standard InChI is InChI=1S/C22H18ClN3S/c1-16-8-5-6-13-20(16)21-24-25-22(26(21)19-11-3-2-4-12-19)27-15-17-9-7-10-18(23)14-17/h2-14H,15H2,1H3. The maximum absolute atomic E-state index is 6.11. The molecule has 0 atom stereocenters. The minimum absolute atomic E-state index is 0.748. The number of para-hydroxylation sites is 1. The number of rotatable bonds is 5. The van der Waals surface area contributed by atoms with Crippen LogP contribution in [0.2, 0.25) is 5.02 Å². The molecule has 0 aliphatic rings. The predicted octanol–water partition coefficient (Wildman–Crippen LogP) is 6.19. The summed E-state index contributed by atoms with van der Waals surface area (Å²) in [5.74, 6) is 1.63. The van der Waals surface area contributed by atoms with Gasteiger partial charge < -0.3 is 0 Å². The molecule has 0 aliphatic carbocycles. The molecule has 27 heavy (non-hydrogen) atoms. The van der Waals surface area contributed by atoms with Crippen molar-refractivity contribution in [2.75, 3.05) is 0 Å². The van der Waals surface area contributed by atoms with E-state index in [1.165, 1.54) is 5.56 Å². The van der Waals surface area contributed by atoms with Crippen molar-refractivity contribution in [1.29, 1.82) is 0 Å². The van der Waals surface area contributed by atoms with Crippen LogP contribution in [0.4, 0.5) is 0 Å². The van der Waals surface area contributed by atoms with Crippen molar-refractivity contribution in [3.05, 3.63) is 95.0 Å². The average molecular weight is 392 g/mol. The third kappa shape index (κ3) is 3.92. The van der Waals surface area contributed by atoms with Gasteiger partial charge in [-0.3, -0.25) is 4.57 Å². The summed E-state index contributed by atoms with van der Waals surface area (Å²) in [6.45, 7) is 2.10. The normalized spacial score (nSPS) is 10.9.